The minimum atomic E-state index is -2.50. The van der Waals surface area contributed by atoms with Gasteiger partial charge in [-0.15, -0.1) is 65.4 Å². The predicted octanol–water partition coefficient (Wildman–Crippen LogP) is 10.8. The number of fused-ring (bicyclic) bond motifs is 5. The van der Waals surface area contributed by atoms with Gasteiger partial charge >= 0.3 is 0 Å². The van der Waals surface area contributed by atoms with E-state index < -0.39 is 18.6 Å². The van der Waals surface area contributed by atoms with Gasteiger partial charge in [0.05, 0.1) is 15.3 Å². The van der Waals surface area contributed by atoms with E-state index in [4.69, 9.17) is 16.3 Å². The Morgan fingerprint density at radius 1 is 0.867 bits per heavy atom. The van der Waals surface area contributed by atoms with Gasteiger partial charge in [-0.25, -0.2) is 4.98 Å². The van der Waals surface area contributed by atoms with Gasteiger partial charge in [0.25, 0.3) is 0 Å². The van der Waals surface area contributed by atoms with Gasteiger partial charge in [-0.3, -0.25) is 0 Å². The summed E-state index contributed by atoms with van der Waals surface area (Å²) in [7, 11) is 0. The van der Waals surface area contributed by atoms with Crippen LogP contribution in [0.15, 0.2) is 89.6 Å². The van der Waals surface area contributed by atoms with E-state index in [9.17, 15) is 0 Å². The summed E-state index contributed by atoms with van der Waals surface area (Å²) in [5, 5.41) is 2.82. The third kappa shape index (κ3) is 7.09. The summed E-state index contributed by atoms with van der Waals surface area (Å²) >= 11 is 1.65. The maximum absolute atomic E-state index is 8.84. The number of pyridine rings is 2. The van der Waals surface area contributed by atoms with Crippen molar-refractivity contribution < 1.29 is 31.4 Å². The summed E-state index contributed by atoms with van der Waals surface area (Å²) < 4.78 is 49.1. The van der Waals surface area contributed by atoms with Crippen molar-refractivity contribution in [2.45, 2.75) is 60.2 Å². The maximum Gasteiger partial charge on any atom is 0.148 e. The largest absolute Gasteiger partial charge is 0.498 e. The Morgan fingerprint density at radius 3 is 2.36 bits per heavy atom. The number of rotatable bonds is 3. The molecule has 7 rings (SSSR count). The van der Waals surface area contributed by atoms with E-state index in [2.05, 4.69) is 48.9 Å². The van der Waals surface area contributed by atoms with Crippen LogP contribution in [0.4, 0.5) is 0 Å². The Bertz CT molecular complexity index is 2230. The fourth-order valence-corrected chi connectivity index (χ4v) is 5.90. The first-order chi connectivity index (χ1) is 23.0. The van der Waals surface area contributed by atoms with Crippen molar-refractivity contribution in [3.8, 4) is 22.5 Å². The Balaban J connectivity index is 0.000000315. The van der Waals surface area contributed by atoms with Gasteiger partial charge in [-0.1, -0.05) is 82.3 Å². The Kier molecular flexibility index (Phi) is 7.64. The summed E-state index contributed by atoms with van der Waals surface area (Å²) in [6, 6.07) is 29.4. The molecule has 0 saturated heterocycles. The van der Waals surface area contributed by atoms with Crippen LogP contribution in [-0.4, -0.2) is 15.0 Å². The molecule has 6 heteroatoms. The van der Waals surface area contributed by atoms with Crippen molar-refractivity contribution in [2.75, 3.05) is 0 Å². The van der Waals surface area contributed by atoms with E-state index in [0.717, 1.165) is 37.3 Å². The third-order valence-electron chi connectivity index (χ3n) is 6.92. The second-order valence-corrected chi connectivity index (χ2v) is 13.8. The van der Waals surface area contributed by atoms with Crippen molar-refractivity contribution in [2.24, 2.45) is 5.41 Å². The number of benzene rings is 3. The SMILES string of the molecule is [2H]C([2H])([2H])c1cnc(-c2[c-]ccc3c2oc2c3ccc3sc(C(C)(C)C)nc32)cc1C([2H])([2H])C(C)(C)C.[Ir].[c-]1ccccc1-c1ccccn1. The molecule has 0 spiro atoms. The van der Waals surface area contributed by atoms with Crippen LogP contribution < -0.4 is 0 Å². The Hall–Kier alpha value is -3.70. The number of hydrogen-bond donors (Lipinski definition) is 0. The number of aromatic nitrogens is 3. The van der Waals surface area contributed by atoms with Crippen molar-refractivity contribution in [3.63, 3.8) is 0 Å². The summed E-state index contributed by atoms with van der Waals surface area (Å²) in [6.45, 7) is 9.17. The monoisotopic (exact) mass is 793 g/mol. The van der Waals surface area contributed by atoms with Crippen LogP contribution in [0.1, 0.15) is 64.5 Å². The number of hydrogen-bond acceptors (Lipinski definition) is 5. The molecule has 0 saturated carbocycles. The Labute approximate surface area is 290 Å². The molecular weight excluding hydrogens is 751 g/mol. The quantitative estimate of drug-likeness (QED) is 0.167. The first-order valence-electron chi connectivity index (χ1n) is 17.0. The predicted molar refractivity (Wildman–Crippen MR) is 184 cm³/mol. The summed E-state index contributed by atoms with van der Waals surface area (Å²) in [6.07, 6.45) is 1.13. The molecule has 231 valence electrons. The van der Waals surface area contributed by atoms with Gasteiger partial charge in [-0.05, 0) is 47.7 Å². The van der Waals surface area contributed by atoms with E-state index in [1.807, 2.05) is 54.6 Å². The van der Waals surface area contributed by atoms with Crippen LogP contribution in [0, 0.1) is 24.4 Å². The van der Waals surface area contributed by atoms with E-state index in [-0.39, 0.29) is 36.6 Å². The zero-order valence-electron chi connectivity index (χ0n) is 31.1. The van der Waals surface area contributed by atoms with Crippen molar-refractivity contribution in [3.05, 3.63) is 113 Å². The zero-order valence-corrected chi connectivity index (χ0v) is 29.3. The molecule has 0 aliphatic heterocycles. The van der Waals surface area contributed by atoms with Gasteiger partial charge in [0.15, 0.2) is 0 Å². The molecule has 45 heavy (non-hydrogen) atoms. The number of aryl methyl sites for hydroxylation is 1. The van der Waals surface area contributed by atoms with E-state index in [1.165, 1.54) is 6.20 Å². The molecule has 0 unspecified atom stereocenters. The molecule has 0 aliphatic rings. The standard InChI is InChI=1S/C28H29N2OS.C11H8N.Ir/c1-16-15-29-21(13-17(16)14-27(2,3)4)20-10-8-9-18-19-11-12-22-23(25(19)31-24(18)20)30-26(32-22)28(5,6)7;1-2-6-10(7-3-1)11-8-4-5-9-12-11;/h8-9,11-13,15H,14H2,1-7H3;1-6,8-9H;/q2*-1;/i1D3,14D2;;. The molecule has 0 fully saturated rings. The van der Waals surface area contributed by atoms with Crippen molar-refractivity contribution >= 4 is 43.5 Å². The molecule has 0 amide bonds. The molecule has 0 aliphatic carbocycles. The number of nitrogens with zero attached hydrogens (tertiary/aromatic N) is 3. The molecule has 3 aromatic carbocycles. The van der Waals surface area contributed by atoms with Gasteiger partial charge in [0.2, 0.25) is 0 Å². The number of thiazole rings is 1. The molecule has 4 heterocycles. The van der Waals surface area contributed by atoms with Crippen LogP contribution in [-0.2, 0) is 31.9 Å². The van der Waals surface area contributed by atoms with Crippen LogP contribution in [0.3, 0.4) is 0 Å². The molecule has 0 bridgehead atoms. The average molecular weight is 793 g/mol. The van der Waals surface area contributed by atoms with Crippen LogP contribution in [0.25, 0.3) is 54.7 Å². The van der Waals surface area contributed by atoms with E-state index in [0.29, 0.717) is 22.4 Å². The first kappa shape index (κ1) is 26.5. The molecular formula is C39H37IrN3OS-2. The third-order valence-corrected chi connectivity index (χ3v) is 8.37. The van der Waals surface area contributed by atoms with Crippen LogP contribution >= 0.6 is 11.3 Å². The zero-order chi connectivity index (χ0) is 35.4. The van der Waals surface area contributed by atoms with Gasteiger partial charge in [0.1, 0.15) is 11.1 Å². The minimum absolute atomic E-state index is 0. The molecule has 0 N–H and O–H groups in total. The molecule has 0 atom stereocenters. The average Bonchev–Trinajstić information content (AvgIpc) is 3.67. The second kappa shape index (κ2) is 13.0. The van der Waals surface area contributed by atoms with E-state index in [1.54, 1.807) is 50.4 Å². The van der Waals surface area contributed by atoms with E-state index >= 15 is 0 Å². The van der Waals surface area contributed by atoms with Crippen molar-refractivity contribution in [1.29, 1.82) is 0 Å². The molecule has 7 aromatic rings. The normalized spacial score (nSPS) is 14.0. The molecule has 1 radical (unpaired) electrons. The van der Waals surface area contributed by atoms with Gasteiger partial charge < -0.3 is 14.4 Å². The minimum Gasteiger partial charge on any atom is -0.498 e. The van der Waals surface area contributed by atoms with Crippen LogP contribution in [0.2, 0.25) is 0 Å². The smallest absolute Gasteiger partial charge is 0.148 e. The number of furan rings is 1. The summed E-state index contributed by atoms with van der Waals surface area (Å²) in [5.41, 5.74) is 4.11. The Morgan fingerprint density at radius 2 is 1.67 bits per heavy atom. The van der Waals surface area contributed by atoms with Gasteiger partial charge in [0, 0.05) is 50.2 Å². The fourth-order valence-electron chi connectivity index (χ4n) is 4.87. The topological polar surface area (TPSA) is 51.8 Å². The fraction of sp³-hybridized carbons (Fsp3) is 0.256. The summed E-state index contributed by atoms with van der Waals surface area (Å²) in [4.78, 5) is 13.6. The molecule has 4 aromatic heterocycles. The van der Waals surface area contributed by atoms with Crippen LogP contribution in [0.5, 0.6) is 0 Å². The summed E-state index contributed by atoms with van der Waals surface area (Å²) in [5.74, 6) is 0. The maximum atomic E-state index is 8.84. The second-order valence-electron chi connectivity index (χ2n) is 12.7. The van der Waals surface area contributed by atoms with Gasteiger partial charge in [-0.2, -0.15) is 0 Å². The van der Waals surface area contributed by atoms with Crippen molar-refractivity contribution in [1.82, 2.24) is 15.0 Å². The first-order valence-corrected chi connectivity index (χ1v) is 15.3. The molecule has 4 nitrogen and oxygen atoms in total.